The van der Waals surface area contributed by atoms with Crippen molar-refractivity contribution < 1.29 is 4.79 Å². The molecule has 1 aromatic rings. The smallest absolute Gasteiger partial charge is 0.150 e. The Bertz CT molecular complexity index is 344. The van der Waals surface area contributed by atoms with E-state index < -0.39 is 0 Å². The van der Waals surface area contributed by atoms with E-state index in [9.17, 15) is 4.79 Å². The van der Waals surface area contributed by atoms with Gasteiger partial charge in [-0.3, -0.25) is 4.79 Å². The molecule has 14 heavy (non-hydrogen) atoms. The summed E-state index contributed by atoms with van der Waals surface area (Å²) in [7, 11) is 0. The summed E-state index contributed by atoms with van der Waals surface area (Å²) in [6, 6.07) is 6.12. The summed E-state index contributed by atoms with van der Waals surface area (Å²) in [4.78, 5) is 11.5. The van der Waals surface area contributed by atoms with E-state index in [2.05, 4.69) is 35.8 Å². The number of carbonyl (C=O) groups excluding carboxylic acids is 1. The van der Waals surface area contributed by atoms with Crippen LogP contribution in [0.4, 0.5) is 0 Å². The lowest BCUT2D eigenvalue weighted by atomic mass is 9.91. The summed E-state index contributed by atoms with van der Waals surface area (Å²) in [5, 5.41) is 0.432. The fourth-order valence-corrected chi connectivity index (χ4v) is 2.02. The van der Waals surface area contributed by atoms with E-state index in [0.29, 0.717) is 5.33 Å². The van der Waals surface area contributed by atoms with Crippen LogP contribution in [0.3, 0.4) is 0 Å². The number of Topliss-reactive ketones (excluding diaryl/α,β-unsaturated/α-hetero) is 1. The van der Waals surface area contributed by atoms with E-state index in [4.69, 9.17) is 0 Å². The van der Waals surface area contributed by atoms with Crippen molar-refractivity contribution in [1.29, 1.82) is 0 Å². The maximum absolute atomic E-state index is 11.5. The van der Waals surface area contributed by atoms with Crippen LogP contribution in [0.25, 0.3) is 0 Å². The zero-order valence-corrected chi connectivity index (χ0v) is 10.4. The molecule has 0 fully saturated rings. The molecule has 0 N–H and O–H groups in total. The summed E-state index contributed by atoms with van der Waals surface area (Å²) in [5.41, 5.74) is 3.63. The molecule has 76 valence electrons. The lowest BCUT2D eigenvalue weighted by molar-refractivity contribution is -0.117. The number of rotatable bonds is 3. The minimum Gasteiger partial charge on any atom is -0.298 e. The van der Waals surface area contributed by atoms with E-state index in [1.807, 2.05) is 19.1 Å². The number of ketones is 1. The number of carbonyl (C=O) groups is 1. The number of aryl methyl sites for hydroxylation is 1. The monoisotopic (exact) mass is 254 g/mol. The highest BCUT2D eigenvalue weighted by molar-refractivity contribution is 9.09. The molecule has 0 saturated heterocycles. The Morgan fingerprint density at radius 1 is 1.43 bits per heavy atom. The Labute approximate surface area is 93.7 Å². The highest BCUT2D eigenvalue weighted by Crippen LogP contribution is 2.23. The van der Waals surface area contributed by atoms with Gasteiger partial charge in [-0.25, -0.2) is 0 Å². The second kappa shape index (κ2) is 4.74. The highest BCUT2D eigenvalue weighted by atomic mass is 79.9. The predicted octanol–water partition coefficient (Wildman–Crippen LogP) is 3.37. The van der Waals surface area contributed by atoms with E-state index in [-0.39, 0.29) is 11.7 Å². The molecular formula is C12H15BrO. The molecular weight excluding hydrogens is 240 g/mol. The molecule has 0 aliphatic carbocycles. The number of halogens is 1. The molecule has 0 aliphatic heterocycles. The molecule has 0 radical (unpaired) electrons. The molecule has 1 nitrogen and oxygen atoms in total. The summed E-state index contributed by atoms with van der Waals surface area (Å²) in [6.45, 7) is 6.11. The van der Waals surface area contributed by atoms with E-state index in [1.54, 1.807) is 0 Å². The molecule has 0 spiro atoms. The highest BCUT2D eigenvalue weighted by Gasteiger charge is 2.15. The molecule has 0 unspecified atom stereocenters. The van der Waals surface area contributed by atoms with Crippen molar-refractivity contribution in [3.63, 3.8) is 0 Å². The van der Waals surface area contributed by atoms with Crippen LogP contribution in [0.15, 0.2) is 18.2 Å². The van der Waals surface area contributed by atoms with Gasteiger partial charge in [0, 0.05) is 5.92 Å². The summed E-state index contributed by atoms with van der Waals surface area (Å²) < 4.78 is 0. The first-order chi connectivity index (χ1) is 6.57. The fourth-order valence-electron chi connectivity index (χ4n) is 1.53. The summed E-state index contributed by atoms with van der Waals surface area (Å²) >= 11 is 3.21. The van der Waals surface area contributed by atoms with Crippen LogP contribution in [0.1, 0.15) is 29.5 Å². The van der Waals surface area contributed by atoms with Gasteiger partial charge in [0.1, 0.15) is 0 Å². The van der Waals surface area contributed by atoms with Gasteiger partial charge in [0.15, 0.2) is 5.78 Å². The van der Waals surface area contributed by atoms with Crippen molar-refractivity contribution in [1.82, 2.24) is 0 Å². The van der Waals surface area contributed by atoms with Gasteiger partial charge in [-0.05, 0) is 30.5 Å². The minimum absolute atomic E-state index is 0.00530. The first kappa shape index (κ1) is 11.4. The third-order valence-electron chi connectivity index (χ3n) is 2.73. The Kier molecular flexibility index (Phi) is 3.87. The summed E-state index contributed by atoms with van der Waals surface area (Å²) in [5.74, 6) is 0.230. The Hall–Kier alpha value is -0.630. The van der Waals surface area contributed by atoms with E-state index in [0.717, 1.165) is 5.56 Å². The third kappa shape index (κ3) is 2.24. The molecule has 0 aliphatic rings. The lowest BCUT2D eigenvalue weighted by Gasteiger charge is -2.13. The van der Waals surface area contributed by atoms with Crippen molar-refractivity contribution in [2.75, 3.05) is 5.33 Å². The van der Waals surface area contributed by atoms with Crippen molar-refractivity contribution in [3.05, 3.63) is 34.9 Å². The minimum atomic E-state index is -0.00530. The van der Waals surface area contributed by atoms with Gasteiger partial charge < -0.3 is 0 Å². The topological polar surface area (TPSA) is 17.1 Å². The second-order valence-electron chi connectivity index (χ2n) is 3.61. The van der Waals surface area contributed by atoms with Crippen molar-refractivity contribution >= 4 is 21.7 Å². The molecule has 2 heteroatoms. The number of benzene rings is 1. The van der Waals surface area contributed by atoms with Crippen LogP contribution in [0.2, 0.25) is 0 Å². The molecule has 1 aromatic carbocycles. The van der Waals surface area contributed by atoms with Crippen molar-refractivity contribution in [3.8, 4) is 0 Å². The fraction of sp³-hybridized carbons (Fsp3) is 0.417. The van der Waals surface area contributed by atoms with Gasteiger partial charge in [-0.1, -0.05) is 41.1 Å². The van der Waals surface area contributed by atoms with E-state index in [1.165, 1.54) is 11.1 Å². The quantitative estimate of drug-likeness (QED) is 0.757. The van der Waals surface area contributed by atoms with Gasteiger partial charge in [-0.15, -0.1) is 0 Å². The van der Waals surface area contributed by atoms with Gasteiger partial charge in [0.05, 0.1) is 5.33 Å². The molecule has 0 saturated carbocycles. The third-order valence-corrected chi connectivity index (χ3v) is 3.28. The van der Waals surface area contributed by atoms with Crippen LogP contribution in [0.5, 0.6) is 0 Å². The van der Waals surface area contributed by atoms with Gasteiger partial charge in [0.25, 0.3) is 0 Å². The average molecular weight is 255 g/mol. The number of hydrogen-bond donors (Lipinski definition) is 0. The first-order valence-corrected chi connectivity index (χ1v) is 5.85. The SMILES string of the molecule is Cc1cccc([C@H](C)C(=O)CBr)c1C. The Morgan fingerprint density at radius 2 is 2.07 bits per heavy atom. The normalized spacial score (nSPS) is 12.6. The zero-order chi connectivity index (χ0) is 10.7. The molecule has 0 bridgehead atoms. The number of hydrogen-bond acceptors (Lipinski definition) is 1. The first-order valence-electron chi connectivity index (χ1n) is 4.72. The van der Waals surface area contributed by atoms with Crippen LogP contribution < -0.4 is 0 Å². The van der Waals surface area contributed by atoms with Gasteiger partial charge in [-0.2, -0.15) is 0 Å². The lowest BCUT2D eigenvalue weighted by Crippen LogP contribution is -2.11. The average Bonchev–Trinajstić information content (AvgIpc) is 2.20. The summed E-state index contributed by atoms with van der Waals surface area (Å²) in [6.07, 6.45) is 0. The standard InChI is InChI=1S/C12H15BrO/c1-8-5-4-6-11(9(8)2)10(3)12(14)7-13/h4-6,10H,7H2,1-3H3/t10-/m0/s1. The zero-order valence-electron chi connectivity index (χ0n) is 8.80. The Morgan fingerprint density at radius 3 is 2.64 bits per heavy atom. The molecule has 0 heterocycles. The van der Waals surface area contributed by atoms with Crippen LogP contribution in [-0.2, 0) is 4.79 Å². The maximum atomic E-state index is 11.5. The van der Waals surface area contributed by atoms with Crippen LogP contribution >= 0.6 is 15.9 Å². The maximum Gasteiger partial charge on any atom is 0.150 e. The van der Waals surface area contributed by atoms with Crippen LogP contribution in [-0.4, -0.2) is 11.1 Å². The van der Waals surface area contributed by atoms with E-state index >= 15 is 0 Å². The largest absolute Gasteiger partial charge is 0.298 e. The van der Waals surface area contributed by atoms with Crippen LogP contribution in [0, 0.1) is 13.8 Å². The second-order valence-corrected chi connectivity index (χ2v) is 4.17. The van der Waals surface area contributed by atoms with Crippen molar-refractivity contribution in [2.24, 2.45) is 0 Å². The van der Waals surface area contributed by atoms with Gasteiger partial charge >= 0.3 is 0 Å². The number of alkyl halides is 1. The van der Waals surface area contributed by atoms with Crippen molar-refractivity contribution in [2.45, 2.75) is 26.7 Å². The molecule has 1 rings (SSSR count). The Balaban J connectivity index is 3.07. The molecule has 0 aromatic heterocycles. The predicted molar refractivity (Wildman–Crippen MR) is 63.1 cm³/mol. The van der Waals surface area contributed by atoms with Gasteiger partial charge in [0.2, 0.25) is 0 Å². The molecule has 1 atom stereocenters. The molecule has 0 amide bonds.